The number of carbonyl (C=O) groups is 3. The molecule has 0 unspecified atom stereocenters. The Morgan fingerprint density at radius 2 is 2.03 bits per heavy atom. The van der Waals surface area contributed by atoms with E-state index >= 15 is 0 Å². The van der Waals surface area contributed by atoms with E-state index < -0.39 is 17.1 Å². The number of nitrogens with zero attached hydrogens (tertiary/aromatic N) is 2. The first-order valence-electron chi connectivity index (χ1n) is 10.0. The number of esters is 1. The van der Waals surface area contributed by atoms with Crippen LogP contribution in [-0.4, -0.2) is 47.3 Å². The van der Waals surface area contributed by atoms with E-state index in [0.717, 1.165) is 35.2 Å². The average Bonchev–Trinajstić information content (AvgIpc) is 2.89. The van der Waals surface area contributed by atoms with Crippen LogP contribution in [0.2, 0.25) is 0 Å². The lowest BCUT2D eigenvalue weighted by molar-refractivity contribution is -0.145. The highest BCUT2D eigenvalue weighted by Crippen LogP contribution is 2.44. The van der Waals surface area contributed by atoms with Crippen molar-refractivity contribution in [2.24, 2.45) is 0 Å². The Hall–Kier alpha value is -2.28. The Labute approximate surface area is 176 Å². The molecule has 1 fully saturated rings. The van der Waals surface area contributed by atoms with Crippen LogP contribution in [-0.2, 0) is 14.3 Å². The number of hydrogen-bond donors (Lipinski definition) is 0. The molecule has 0 aromatic heterocycles. The fraction of sp³-hybridized carbons (Fsp3) is 0.500. The van der Waals surface area contributed by atoms with Gasteiger partial charge in [-0.1, -0.05) is 13.0 Å². The number of thioether (sulfide) groups is 1. The quantitative estimate of drug-likeness (QED) is 0.524. The first-order valence-corrected chi connectivity index (χ1v) is 10.8. The Morgan fingerprint density at radius 1 is 1.31 bits per heavy atom. The van der Waals surface area contributed by atoms with Crippen molar-refractivity contribution in [3.63, 3.8) is 0 Å². The highest BCUT2D eigenvalue weighted by molar-refractivity contribution is 8.18. The summed E-state index contributed by atoms with van der Waals surface area (Å²) in [5, 5.41) is -0.445. The van der Waals surface area contributed by atoms with Crippen LogP contribution in [0.1, 0.15) is 58.1 Å². The molecular formula is C22H28N2O4S. The summed E-state index contributed by atoms with van der Waals surface area (Å²) in [5.41, 5.74) is 3.46. The molecule has 0 radical (unpaired) electrons. The van der Waals surface area contributed by atoms with E-state index in [1.165, 1.54) is 11.3 Å². The molecule has 2 aliphatic rings. The summed E-state index contributed by atoms with van der Waals surface area (Å²) in [7, 11) is 0. The van der Waals surface area contributed by atoms with Crippen LogP contribution in [0.25, 0.3) is 6.08 Å². The van der Waals surface area contributed by atoms with Gasteiger partial charge in [0.2, 0.25) is 0 Å². The van der Waals surface area contributed by atoms with Crippen molar-refractivity contribution >= 4 is 40.6 Å². The van der Waals surface area contributed by atoms with Crippen molar-refractivity contribution in [2.75, 3.05) is 24.6 Å². The molecule has 0 bridgehead atoms. The van der Waals surface area contributed by atoms with Gasteiger partial charge in [-0.3, -0.25) is 19.3 Å². The molecule has 2 aliphatic heterocycles. The third kappa shape index (κ3) is 4.20. The zero-order valence-corrected chi connectivity index (χ0v) is 18.5. The van der Waals surface area contributed by atoms with E-state index in [4.69, 9.17) is 4.74 Å². The molecule has 1 saturated heterocycles. The molecule has 0 aliphatic carbocycles. The van der Waals surface area contributed by atoms with E-state index in [1.54, 1.807) is 13.0 Å². The highest BCUT2D eigenvalue weighted by Gasteiger charge is 2.37. The predicted octanol–water partition coefficient (Wildman–Crippen LogP) is 4.40. The molecule has 1 atom stereocenters. The minimum Gasteiger partial charge on any atom is -0.465 e. The van der Waals surface area contributed by atoms with E-state index in [0.29, 0.717) is 10.8 Å². The fourth-order valence-electron chi connectivity index (χ4n) is 4.32. The van der Waals surface area contributed by atoms with E-state index in [9.17, 15) is 14.4 Å². The van der Waals surface area contributed by atoms with Crippen molar-refractivity contribution in [3.8, 4) is 0 Å². The van der Waals surface area contributed by atoms with Crippen LogP contribution in [0.3, 0.4) is 0 Å². The maximum atomic E-state index is 12.6. The average molecular weight is 417 g/mol. The number of fused-ring (bicyclic) bond motifs is 1. The topological polar surface area (TPSA) is 66.9 Å². The van der Waals surface area contributed by atoms with Gasteiger partial charge in [0.05, 0.1) is 11.5 Å². The zero-order chi connectivity index (χ0) is 21.3. The van der Waals surface area contributed by atoms with Gasteiger partial charge in [0, 0.05) is 17.8 Å². The van der Waals surface area contributed by atoms with Crippen LogP contribution in [0, 0.1) is 0 Å². The number of anilines is 1. The van der Waals surface area contributed by atoms with Crippen LogP contribution in [0.4, 0.5) is 10.5 Å². The van der Waals surface area contributed by atoms with E-state index in [-0.39, 0.29) is 18.7 Å². The molecule has 2 heterocycles. The molecule has 1 aromatic carbocycles. The molecule has 0 saturated carbocycles. The molecule has 29 heavy (non-hydrogen) atoms. The summed E-state index contributed by atoms with van der Waals surface area (Å²) in [4.78, 5) is 40.1. The third-order valence-electron chi connectivity index (χ3n) is 5.49. The summed E-state index contributed by atoms with van der Waals surface area (Å²) < 4.78 is 4.85. The highest BCUT2D eigenvalue weighted by atomic mass is 32.2. The number of carbonyl (C=O) groups excluding carboxylic acids is 3. The van der Waals surface area contributed by atoms with Gasteiger partial charge in [-0.15, -0.1) is 0 Å². The molecule has 3 rings (SSSR count). The largest absolute Gasteiger partial charge is 0.465 e. The standard InChI is InChI=1S/C22H28N2O4S/c1-6-24-17-9-8-15(10-16(17)14(3)12-22(24,4)5)11-18-20(26)23(21(27)29-18)13-19(25)28-7-2/h8-11,14H,6-7,12-13H2,1-5H3/b18-11+/t14-/m0/s1. The van der Waals surface area contributed by atoms with Gasteiger partial charge in [-0.25, -0.2) is 0 Å². The molecule has 156 valence electrons. The molecule has 2 amide bonds. The number of ether oxygens (including phenoxy) is 1. The van der Waals surface area contributed by atoms with Crippen molar-refractivity contribution < 1.29 is 19.1 Å². The fourth-order valence-corrected chi connectivity index (χ4v) is 5.16. The Bertz CT molecular complexity index is 878. The lowest BCUT2D eigenvalue weighted by atomic mass is 9.79. The van der Waals surface area contributed by atoms with Gasteiger partial charge in [-0.2, -0.15) is 0 Å². The first kappa shape index (κ1) is 21.4. The number of benzene rings is 1. The van der Waals surface area contributed by atoms with Gasteiger partial charge >= 0.3 is 5.97 Å². The normalized spacial score (nSPS) is 22.2. The monoisotopic (exact) mass is 416 g/mol. The van der Waals surface area contributed by atoms with E-state index in [2.05, 4.69) is 44.7 Å². The predicted molar refractivity (Wildman–Crippen MR) is 116 cm³/mol. The van der Waals surface area contributed by atoms with Gasteiger partial charge in [0.1, 0.15) is 6.54 Å². The molecule has 0 spiro atoms. The second-order valence-corrected chi connectivity index (χ2v) is 9.05. The van der Waals surface area contributed by atoms with Gasteiger partial charge < -0.3 is 9.64 Å². The Morgan fingerprint density at radius 3 is 2.69 bits per heavy atom. The van der Waals surface area contributed by atoms with Crippen molar-refractivity contribution in [2.45, 2.75) is 52.5 Å². The van der Waals surface area contributed by atoms with E-state index in [1.807, 2.05) is 6.07 Å². The molecule has 6 nitrogen and oxygen atoms in total. The number of hydrogen-bond acceptors (Lipinski definition) is 6. The lowest BCUT2D eigenvalue weighted by Gasteiger charge is -2.47. The van der Waals surface area contributed by atoms with Gasteiger partial charge in [0.25, 0.3) is 11.1 Å². The van der Waals surface area contributed by atoms with Crippen molar-refractivity contribution in [3.05, 3.63) is 34.2 Å². The Balaban J connectivity index is 1.87. The second kappa shape index (κ2) is 8.22. The number of imide groups is 1. The van der Waals surface area contributed by atoms with Crippen molar-refractivity contribution in [1.82, 2.24) is 4.90 Å². The minimum atomic E-state index is -0.582. The number of rotatable bonds is 5. The number of amides is 2. The lowest BCUT2D eigenvalue weighted by Crippen LogP contribution is -2.48. The van der Waals surface area contributed by atoms with Crippen LogP contribution < -0.4 is 4.90 Å². The summed E-state index contributed by atoms with van der Waals surface area (Å²) in [6, 6.07) is 6.19. The minimum absolute atomic E-state index is 0.0957. The molecule has 0 N–H and O–H groups in total. The molecule has 7 heteroatoms. The molecular weight excluding hydrogens is 388 g/mol. The van der Waals surface area contributed by atoms with Gasteiger partial charge in [-0.05, 0) is 81.1 Å². The second-order valence-electron chi connectivity index (χ2n) is 8.05. The SMILES string of the molecule is CCOC(=O)CN1C(=O)S/C(=C/c2ccc3c(c2)[C@@H](C)CC(C)(C)N3CC)C1=O. The zero-order valence-electron chi connectivity index (χ0n) is 17.7. The summed E-state index contributed by atoms with van der Waals surface area (Å²) in [6.07, 6.45) is 2.78. The maximum Gasteiger partial charge on any atom is 0.326 e. The summed E-state index contributed by atoms with van der Waals surface area (Å²) >= 11 is 0.860. The first-order chi connectivity index (χ1) is 13.7. The van der Waals surface area contributed by atoms with Crippen LogP contribution >= 0.6 is 11.8 Å². The molecule has 1 aromatic rings. The third-order valence-corrected chi connectivity index (χ3v) is 6.40. The maximum absolute atomic E-state index is 12.6. The summed E-state index contributed by atoms with van der Waals surface area (Å²) in [6.45, 7) is 11.4. The summed E-state index contributed by atoms with van der Waals surface area (Å²) in [5.74, 6) is -0.633. The van der Waals surface area contributed by atoms with Crippen molar-refractivity contribution in [1.29, 1.82) is 0 Å². The Kier molecular flexibility index (Phi) is 6.08. The smallest absolute Gasteiger partial charge is 0.326 e. The van der Waals surface area contributed by atoms with Crippen LogP contribution in [0.15, 0.2) is 23.1 Å². The van der Waals surface area contributed by atoms with Crippen LogP contribution in [0.5, 0.6) is 0 Å². The van der Waals surface area contributed by atoms with Gasteiger partial charge in [0.15, 0.2) is 0 Å².